The minimum atomic E-state index is 0.664. The zero-order valence-corrected chi connectivity index (χ0v) is 9.77. The summed E-state index contributed by atoms with van der Waals surface area (Å²) < 4.78 is 0. The van der Waals surface area contributed by atoms with Crippen LogP contribution in [0.2, 0.25) is 0 Å². The van der Waals surface area contributed by atoms with Gasteiger partial charge in [0.05, 0.1) is 0 Å². The molecule has 0 aliphatic carbocycles. The molecule has 84 valence electrons. The maximum absolute atomic E-state index is 4.33. The third-order valence-corrected chi connectivity index (χ3v) is 3.49. The van der Waals surface area contributed by atoms with Crippen LogP contribution in [0.15, 0.2) is 24.4 Å². The predicted octanol–water partition coefficient (Wildman–Crippen LogP) is 2.37. The molecule has 1 saturated heterocycles. The molecule has 0 atom stereocenters. The number of pyridine rings is 1. The third kappa shape index (κ3) is 1.52. The number of H-pyrrole nitrogens is 1. The van der Waals surface area contributed by atoms with E-state index in [1.54, 1.807) is 0 Å². The Kier molecular flexibility index (Phi) is 2.21. The van der Waals surface area contributed by atoms with Gasteiger partial charge in [0.1, 0.15) is 5.65 Å². The summed E-state index contributed by atoms with van der Waals surface area (Å²) in [5.74, 6) is 0.664. The van der Waals surface area contributed by atoms with Crippen molar-refractivity contribution in [3.63, 3.8) is 0 Å². The van der Waals surface area contributed by atoms with Crippen molar-refractivity contribution in [1.82, 2.24) is 14.9 Å². The highest BCUT2D eigenvalue weighted by Crippen LogP contribution is 2.29. The summed E-state index contributed by atoms with van der Waals surface area (Å²) in [5, 5.41) is 1.22. The zero-order chi connectivity index (χ0) is 11.1. The van der Waals surface area contributed by atoms with Gasteiger partial charge in [0.25, 0.3) is 0 Å². The maximum atomic E-state index is 4.33. The van der Waals surface area contributed by atoms with E-state index < -0.39 is 0 Å². The van der Waals surface area contributed by atoms with Gasteiger partial charge in [-0.2, -0.15) is 0 Å². The SMILES string of the molecule is CC(C)N1CC(c2cc3cccnc3[nH]2)C1. The molecule has 3 heteroatoms. The molecular formula is C13H17N3. The topological polar surface area (TPSA) is 31.9 Å². The van der Waals surface area contributed by atoms with Crippen LogP contribution in [0.4, 0.5) is 0 Å². The number of hydrogen-bond donors (Lipinski definition) is 1. The third-order valence-electron chi connectivity index (χ3n) is 3.49. The molecule has 3 nitrogen and oxygen atoms in total. The van der Waals surface area contributed by atoms with Crippen molar-refractivity contribution in [2.24, 2.45) is 0 Å². The number of hydrogen-bond acceptors (Lipinski definition) is 2. The van der Waals surface area contributed by atoms with E-state index in [1.165, 1.54) is 24.2 Å². The van der Waals surface area contributed by atoms with Crippen LogP contribution < -0.4 is 0 Å². The minimum absolute atomic E-state index is 0.664. The van der Waals surface area contributed by atoms with Gasteiger partial charge >= 0.3 is 0 Å². The fraction of sp³-hybridized carbons (Fsp3) is 0.462. The molecule has 16 heavy (non-hydrogen) atoms. The van der Waals surface area contributed by atoms with E-state index in [2.05, 4.69) is 40.8 Å². The van der Waals surface area contributed by atoms with Crippen LogP contribution in [0.25, 0.3) is 11.0 Å². The molecule has 0 amide bonds. The fourth-order valence-electron chi connectivity index (χ4n) is 2.33. The van der Waals surface area contributed by atoms with Crippen molar-refractivity contribution in [3.05, 3.63) is 30.1 Å². The van der Waals surface area contributed by atoms with Gasteiger partial charge in [0, 0.05) is 42.3 Å². The summed E-state index contributed by atoms with van der Waals surface area (Å²) in [4.78, 5) is 10.2. The van der Waals surface area contributed by atoms with Crippen molar-refractivity contribution < 1.29 is 0 Å². The normalized spacial score (nSPS) is 18.2. The molecule has 1 N–H and O–H groups in total. The highest BCUT2D eigenvalue weighted by atomic mass is 15.2. The summed E-state index contributed by atoms with van der Waals surface area (Å²) in [7, 11) is 0. The molecule has 1 fully saturated rings. The number of aromatic nitrogens is 2. The molecule has 1 aliphatic heterocycles. The Balaban J connectivity index is 1.81. The highest BCUT2D eigenvalue weighted by Gasteiger charge is 2.30. The van der Waals surface area contributed by atoms with Gasteiger partial charge in [0.15, 0.2) is 0 Å². The van der Waals surface area contributed by atoms with Gasteiger partial charge in [-0.3, -0.25) is 4.90 Å². The van der Waals surface area contributed by atoms with Crippen LogP contribution in [0.3, 0.4) is 0 Å². The first kappa shape index (κ1) is 9.85. The smallest absolute Gasteiger partial charge is 0.137 e. The Morgan fingerprint density at radius 2 is 2.25 bits per heavy atom. The van der Waals surface area contributed by atoms with Crippen molar-refractivity contribution in [1.29, 1.82) is 0 Å². The second kappa shape index (κ2) is 3.59. The van der Waals surface area contributed by atoms with Crippen molar-refractivity contribution in [2.45, 2.75) is 25.8 Å². The number of fused-ring (bicyclic) bond motifs is 1. The number of aromatic amines is 1. The van der Waals surface area contributed by atoms with Crippen molar-refractivity contribution in [3.8, 4) is 0 Å². The fourth-order valence-corrected chi connectivity index (χ4v) is 2.33. The van der Waals surface area contributed by atoms with E-state index in [0.29, 0.717) is 12.0 Å². The molecule has 1 aliphatic rings. The monoisotopic (exact) mass is 215 g/mol. The zero-order valence-electron chi connectivity index (χ0n) is 9.77. The Labute approximate surface area is 95.5 Å². The van der Waals surface area contributed by atoms with E-state index in [-0.39, 0.29) is 0 Å². The van der Waals surface area contributed by atoms with Crippen LogP contribution in [0.5, 0.6) is 0 Å². The van der Waals surface area contributed by atoms with Gasteiger partial charge < -0.3 is 4.98 Å². The van der Waals surface area contributed by atoms with Gasteiger partial charge in [-0.15, -0.1) is 0 Å². The van der Waals surface area contributed by atoms with Crippen LogP contribution in [0.1, 0.15) is 25.5 Å². The van der Waals surface area contributed by atoms with Crippen LogP contribution in [-0.4, -0.2) is 34.0 Å². The lowest BCUT2D eigenvalue weighted by molar-refractivity contribution is 0.108. The van der Waals surface area contributed by atoms with E-state index in [4.69, 9.17) is 0 Å². The molecule has 3 heterocycles. The number of nitrogens with one attached hydrogen (secondary N) is 1. The van der Waals surface area contributed by atoms with E-state index >= 15 is 0 Å². The Hall–Kier alpha value is -1.35. The summed E-state index contributed by atoms with van der Waals surface area (Å²) in [6, 6.07) is 7.01. The quantitative estimate of drug-likeness (QED) is 0.834. The van der Waals surface area contributed by atoms with E-state index in [9.17, 15) is 0 Å². The van der Waals surface area contributed by atoms with Crippen LogP contribution >= 0.6 is 0 Å². The molecule has 2 aromatic heterocycles. The van der Waals surface area contributed by atoms with Gasteiger partial charge in [-0.05, 0) is 32.0 Å². The first-order valence-electron chi connectivity index (χ1n) is 5.92. The Morgan fingerprint density at radius 3 is 2.94 bits per heavy atom. The first-order valence-corrected chi connectivity index (χ1v) is 5.92. The first-order chi connectivity index (χ1) is 7.74. The summed E-state index contributed by atoms with van der Waals surface area (Å²) in [6.07, 6.45) is 1.84. The lowest BCUT2D eigenvalue weighted by Gasteiger charge is -2.41. The molecule has 3 rings (SSSR count). The average molecular weight is 215 g/mol. The standard InChI is InChI=1S/C13H17N3/c1-9(2)16-7-11(8-16)12-6-10-4-3-5-14-13(10)15-12/h3-6,9,11H,7-8H2,1-2H3,(H,14,15). The number of nitrogens with zero attached hydrogens (tertiary/aromatic N) is 2. The molecule has 0 unspecified atom stereocenters. The van der Waals surface area contributed by atoms with Gasteiger partial charge in [-0.25, -0.2) is 4.98 Å². The highest BCUT2D eigenvalue weighted by molar-refractivity contribution is 5.76. The molecule has 0 bridgehead atoms. The molecule has 0 saturated carbocycles. The van der Waals surface area contributed by atoms with E-state index in [1.807, 2.05) is 12.3 Å². The average Bonchev–Trinajstić information content (AvgIpc) is 2.57. The number of likely N-dealkylation sites (tertiary alicyclic amines) is 1. The minimum Gasteiger partial charge on any atom is -0.343 e. The summed E-state index contributed by atoms with van der Waals surface area (Å²) in [5.41, 5.74) is 2.35. The molecular weight excluding hydrogens is 198 g/mol. The predicted molar refractivity (Wildman–Crippen MR) is 65.5 cm³/mol. The molecule has 0 radical (unpaired) electrons. The second-order valence-electron chi connectivity index (χ2n) is 4.91. The van der Waals surface area contributed by atoms with Crippen LogP contribution in [0, 0.1) is 0 Å². The Bertz CT molecular complexity index is 462. The van der Waals surface area contributed by atoms with E-state index in [0.717, 1.165) is 5.65 Å². The van der Waals surface area contributed by atoms with Gasteiger partial charge in [0.2, 0.25) is 0 Å². The lowest BCUT2D eigenvalue weighted by Crippen LogP contribution is -2.48. The maximum Gasteiger partial charge on any atom is 0.137 e. The molecule has 2 aromatic rings. The van der Waals surface area contributed by atoms with Crippen molar-refractivity contribution in [2.75, 3.05) is 13.1 Å². The summed E-state index contributed by atoms with van der Waals surface area (Å²) >= 11 is 0. The molecule has 0 aromatic carbocycles. The Morgan fingerprint density at radius 1 is 1.44 bits per heavy atom. The largest absolute Gasteiger partial charge is 0.343 e. The van der Waals surface area contributed by atoms with Crippen LogP contribution in [-0.2, 0) is 0 Å². The lowest BCUT2D eigenvalue weighted by atomic mass is 9.95. The van der Waals surface area contributed by atoms with Gasteiger partial charge in [-0.1, -0.05) is 0 Å². The summed E-state index contributed by atoms with van der Waals surface area (Å²) in [6.45, 7) is 6.85. The second-order valence-corrected chi connectivity index (χ2v) is 4.91. The van der Waals surface area contributed by atoms with Crippen molar-refractivity contribution >= 4 is 11.0 Å². The number of rotatable bonds is 2. The molecule has 0 spiro atoms.